The maximum absolute atomic E-state index is 13.1. The van der Waals surface area contributed by atoms with Crippen molar-refractivity contribution in [2.45, 2.75) is 18.7 Å². The van der Waals surface area contributed by atoms with E-state index in [1.165, 1.54) is 31.2 Å². The Kier molecular flexibility index (Phi) is 4.46. The number of carbonyl (C=O) groups is 1. The lowest BCUT2D eigenvalue weighted by molar-refractivity contribution is -0.114. The third-order valence-electron chi connectivity index (χ3n) is 2.87. The molecule has 0 aromatic heterocycles. The molecule has 0 saturated carbocycles. The molecule has 2 rings (SSSR count). The van der Waals surface area contributed by atoms with Crippen molar-refractivity contribution in [3.63, 3.8) is 0 Å². The van der Waals surface area contributed by atoms with Crippen molar-refractivity contribution in [3.05, 3.63) is 53.8 Å². The van der Waals surface area contributed by atoms with Crippen LogP contribution in [0.2, 0.25) is 0 Å². The molecule has 0 spiro atoms. The second-order valence-corrected chi connectivity index (χ2v) is 6.43. The molecule has 0 unspecified atom stereocenters. The summed E-state index contributed by atoms with van der Waals surface area (Å²) in [5, 5.41) is 2.53. The fourth-order valence-electron chi connectivity index (χ4n) is 1.93. The minimum atomic E-state index is -3.89. The van der Waals surface area contributed by atoms with Crippen LogP contribution in [-0.4, -0.2) is 14.3 Å². The predicted octanol–water partition coefficient (Wildman–Crippen LogP) is 2.89. The van der Waals surface area contributed by atoms with Crippen molar-refractivity contribution in [1.29, 1.82) is 0 Å². The predicted molar refractivity (Wildman–Crippen MR) is 82.7 cm³/mol. The molecule has 0 aliphatic rings. The first-order valence-corrected chi connectivity index (χ1v) is 7.93. The van der Waals surface area contributed by atoms with Crippen LogP contribution in [0.25, 0.3) is 0 Å². The maximum atomic E-state index is 13.1. The van der Waals surface area contributed by atoms with E-state index in [0.29, 0.717) is 11.3 Å². The molecule has 0 aliphatic carbocycles. The van der Waals surface area contributed by atoms with Crippen LogP contribution in [0.4, 0.5) is 15.8 Å². The zero-order chi connectivity index (χ0) is 16.3. The van der Waals surface area contributed by atoms with Crippen molar-refractivity contribution in [2.24, 2.45) is 0 Å². The summed E-state index contributed by atoms with van der Waals surface area (Å²) in [4.78, 5) is 11.1. The quantitative estimate of drug-likeness (QED) is 0.909. The summed E-state index contributed by atoms with van der Waals surface area (Å²) in [6.07, 6.45) is 0. The standard InChI is InChI=1S/C15H15FN2O3S/c1-10-6-7-13(17-11(2)19)9-15(10)22(20,21)18-14-5-3-4-12(16)8-14/h3-9,18H,1-2H3,(H,17,19). The number of hydrogen-bond donors (Lipinski definition) is 2. The summed E-state index contributed by atoms with van der Waals surface area (Å²) in [6, 6.07) is 9.73. The summed E-state index contributed by atoms with van der Waals surface area (Å²) in [5.41, 5.74) is 1.01. The first kappa shape index (κ1) is 16.0. The molecule has 2 aromatic carbocycles. The van der Waals surface area contributed by atoms with Gasteiger partial charge in [0.1, 0.15) is 5.82 Å². The van der Waals surface area contributed by atoms with Crippen LogP contribution in [0.1, 0.15) is 12.5 Å². The van der Waals surface area contributed by atoms with Gasteiger partial charge in [0, 0.05) is 12.6 Å². The van der Waals surface area contributed by atoms with E-state index in [9.17, 15) is 17.6 Å². The number of sulfonamides is 1. The number of carbonyl (C=O) groups excluding carboxylic acids is 1. The van der Waals surface area contributed by atoms with E-state index in [1.54, 1.807) is 19.1 Å². The fourth-order valence-corrected chi connectivity index (χ4v) is 3.25. The van der Waals surface area contributed by atoms with Gasteiger partial charge in [-0.05, 0) is 42.8 Å². The Morgan fingerprint density at radius 1 is 1.09 bits per heavy atom. The third kappa shape index (κ3) is 3.82. The topological polar surface area (TPSA) is 75.3 Å². The Morgan fingerprint density at radius 2 is 1.82 bits per heavy atom. The molecule has 0 fully saturated rings. The van der Waals surface area contributed by atoms with Crippen molar-refractivity contribution < 1.29 is 17.6 Å². The molecule has 22 heavy (non-hydrogen) atoms. The van der Waals surface area contributed by atoms with Crippen LogP contribution in [0.15, 0.2) is 47.4 Å². The minimum absolute atomic E-state index is 0.0167. The van der Waals surface area contributed by atoms with E-state index in [2.05, 4.69) is 10.0 Å². The van der Waals surface area contributed by atoms with Gasteiger partial charge in [0.2, 0.25) is 5.91 Å². The highest BCUT2D eigenvalue weighted by Crippen LogP contribution is 2.23. The smallest absolute Gasteiger partial charge is 0.262 e. The lowest BCUT2D eigenvalue weighted by Crippen LogP contribution is -2.15. The SMILES string of the molecule is CC(=O)Nc1ccc(C)c(S(=O)(=O)Nc2cccc(F)c2)c1. The average Bonchev–Trinajstić information content (AvgIpc) is 2.39. The average molecular weight is 322 g/mol. The zero-order valence-electron chi connectivity index (χ0n) is 12.1. The Labute approximate surface area is 128 Å². The van der Waals surface area contributed by atoms with E-state index >= 15 is 0 Å². The van der Waals surface area contributed by atoms with Gasteiger partial charge in [0.25, 0.3) is 10.0 Å². The second-order valence-electron chi connectivity index (χ2n) is 4.78. The maximum Gasteiger partial charge on any atom is 0.262 e. The van der Waals surface area contributed by atoms with Crippen LogP contribution < -0.4 is 10.0 Å². The summed E-state index contributed by atoms with van der Waals surface area (Å²) < 4.78 is 40.3. The molecular weight excluding hydrogens is 307 g/mol. The number of amides is 1. The summed E-state index contributed by atoms with van der Waals surface area (Å²) >= 11 is 0. The molecule has 0 bridgehead atoms. The fraction of sp³-hybridized carbons (Fsp3) is 0.133. The van der Waals surface area contributed by atoms with Gasteiger partial charge in [-0.3, -0.25) is 9.52 Å². The van der Waals surface area contributed by atoms with Crippen LogP contribution in [-0.2, 0) is 14.8 Å². The minimum Gasteiger partial charge on any atom is -0.326 e. The summed E-state index contributed by atoms with van der Waals surface area (Å²) in [6.45, 7) is 2.97. The lowest BCUT2D eigenvalue weighted by Gasteiger charge is -2.12. The molecule has 0 saturated heterocycles. The number of benzene rings is 2. The van der Waals surface area contributed by atoms with Gasteiger partial charge in [-0.1, -0.05) is 12.1 Å². The van der Waals surface area contributed by atoms with Gasteiger partial charge in [-0.2, -0.15) is 0 Å². The summed E-state index contributed by atoms with van der Waals surface area (Å²) in [5.74, 6) is -0.839. The molecule has 1 amide bonds. The van der Waals surface area contributed by atoms with Crippen LogP contribution >= 0.6 is 0 Å². The Balaban J connectivity index is 2.38. The number of aryl methyl sites for hydroxylation is 1. The van der Waals surface area contributed by atoms with Gasteiger partial charge in [0.05, 0.1) is 10.6 Å². The van der Waals surface area contributed by atoms with Crippen LogP contribution in [0.5, 0.6) is 0 Å². The Bertz CT molecular complexity index is 819. The molecule has 2 N–H and O–H groups in total. The second kappa shape index (κ2) is 6.15. The highest BCUT2D eigenvalue weighted by Gasteiger charge is 2.18. The number of rotatable bonds is 4. The highest BCUT2D eigenvalue weighted by molar-refractivity contribution is 7.92. The molecule has 0 aliphatic heterocycles. The van der Waals surface area contributed by atoms with E-state index in [-0.39, 0.29) is 16.5 Å². The number of nitrogens with one attached hydrogen (secondary N) is 2. The van der Waals surface area contributed by atoms with Crippen LogP contribution in [0, 0.1) is 12.7 Å². The van der Waals surface area contributed by atoms with E-state index in [1.807, 2.05) is 0 Å². The molecule has 7 heteroatoms. The molecule has 0 heterocycles. The first-order valence-electron chi connectivity index (χ1n) is 6.44. The molecular formula is C15H15FN2O3S. The molecule has 0 radical (unpaired) electrons. The molecule has 5 nitrogen and oxygen atoms in total. The van der Waals surface area contributed by atoms with Gasteiger partial charge in [-0.15, -0.1) is 0 Å². The summed E-state index contributed by atoms with van der Waals surface area (Å²) in [7, 11) is -3.89. The van der Waals surface area contributed by atoms with Gasteiger partial charge in [0.15, 0.2) is 0 Å². The number of hydrogen-bond acceptors (Lipinski definition) is 3. The number of halogens is 1. The van der Waals surface area contributed by atoms with Gasteiger partial charge < -0.3 is 5.32 Å². The van der Waals surface area contributed by atoms with Gasteiger partial charge in [-0.25, -0.2) is 12.8 Å². The molecule has 116 valence electrons. The van der Waals surface area contributed by atoms with E-state index in [0.717, 1.165) is 6.07 Å². The van der Waals surface area contributed by atoms with Crippen molar-refractivity contribution >= 4 is 27.3 Å². The normalized spacial score (nSPS) is 11.0. The number of anilines is 2. The monoisotopic (exact) mass is 322 g/mol. The van der Waals surface area contributed by atoms with E-state index in [4.69, 9.17) is 0 Å². The highest BCUT2D eigenvalue weighted by atomic mass is 32.2. The Hall–Kier alpha value is -2.41. The van der Waals surface area contributed by atoms with Crippen molar-refractivity contribution in [1.82, 2.24) is 0 Å². The van der Waals surface area contributed by atoms with Crippen LogP contribution in [0.3, 0.4) is 0 Å². The third-order valence-corrected chi connectivity index (χ3v) is 4.40. The largest absolute Gasteiger partial charge is 0.326 e. The Morgan fingerprint density at radius 3 is 2.45 bits per heavy atom. The molecule has 0 atom stereocenters. The molecule has 2 aromatic rings. The van der Waals surface area contributed by atoms with Crippen molar-refractivity contribution in [3.8, 4) is 0 Å². The zero-order valence-corrected chi connectivity index (χ0v) is 12.9. The van der Waals surface area contributed by atoms with Crippen molar-refractivity contribution in [2.75, 3.05) is 10.0 Å². The first-order chi connectivity index (χ1) is 10.3. The van der Waals surface area contributed by atoms with E-state index < -0.39 is 15.8 Å². The van der Waals surface area contributed by atoms with Gasteiger partial charge >= 0.3 is 0 Å². The lowest BCUT2D eigenvalue weighted by atomic mass is 10.2.